The summed E-state index contributed by atoms with van der Waals surface area (Å²) in [6.07, 6.45) is 6.82. The lowest BCUT2D eigenvalue weighted by molar-refractivity contribution is -0.201. The average Bonchev–Trinajstić information content (AvgIpc) is 2.43. The minimum absolute atomic E-state index is 0.0466. The third kappa shape index (κ3) is 5.68. The Labute approximate surface area is 112 Å². The topological polar surface area (TPSA) is 38.7 Å². The highest BCUT2D eigenvalue weighted by molar-refractivity contribution is 4.69. The normalized spacial score (nSPS) is 25.7. The number of rotatable bonds is 8. The minimum atomic E-state index is -0.0466. The summed E-state index contributed by atoms with van der Waals surface area (Å²) in [5, 5.41) is 9.34. The Kier molecular flexibility index (Phi) is 7.87. The number of ether oxygens (including phenoxy) is 2. The summed E-state index contributed by atoms with van der Waals surface area (Å²) in [6.45, 7) is 7.57. The van der Waals surface area contributed by atoms with E-state index in [2.05, 4.69) is 20.8 Å². The fraction of sp³-hybridized carbons (Fsp3) is 1.00. The van der Waals surface area contributed by atoms with Crippen LogP contribution in [0.1, 0.15) is 59.3 Å². The molecule has 1 unspecified atom stereocenters. The van der Waals surface area contributed by atoms with Gasteiger partial charge in [0.1, 0.15) is 0 Å². The summed E-state index contributed by atoms with van der Waals surface area (Å²) in [5.74, 6) is 0.925. The van der Waals surface area contributed by atoms with Crippen molar-refractivity contribution >= 4 is 0 Å². The average molecular weight is 258 g/mol. The smallest absolute Gasteiger partial charge is 0.157 e. The Morgan fingerprint density at radius 3 is 2.61 bits per heavy atom. The molecule has 0 spiro atoms. The van der Waals surface area contributed by atoms with E-state index in [-0.39, 0.29) is 24.9 Å². The van der Waals surface area contributed by atoms with Crippen LogP contribution < -0.4 is 0 Å². The maximum Gasteiger partial charge on any atom is 0.157 e. The summed E-state index contributed by atoms with van der Waals surface area (Å²) in [6, 6.07) is 0. The van der Waals surface area contributed by atoms with Crippen LogP contribution in [0.5, 0.6) is 0 Å². The van der Waals surface area contributed by atoms with Gasteiger partial charge >= 0.3 is 0 Å². The van der Waals surface area contributed by atoms with Gasteiger partial charge in [0, 0.05) is 19.1 Å². The fourth-order valence-electron chi connectivity index (χ4n) is 2.27. The first-order chi connectivity index (χ1) is 8.67. The largest absolute Gasteiger partial charge is 0.396 e. The number of aliphatic hydroxyl groups excluding tert-OH is 1. The predicted octanol–water partition coefficient (Wildman–Crippen LogP) is 3.35. The molecule has 3 nitrogen and oxygen atoms in total. The fourth-order valence-corrected chi connectivity index (χ4v) is 2.27. The molecule has 0 aromatic rings. The Bertz CT molecular complexity index is 202. The molecule has 1 saturated heterocycles. The molecular formula is C15H30O3. The van der Waals surface area contributed by atoms with Gasteiger partial charge < -0.3 is 14.6 Å². The second-order valence-electron chi connectivity index (χ2n) is 5.72. The third-order valence-corrected chi connectivity index (χ3v) is 4.03. The van der Waals surface area contributed by atoms with Crippen LogP contribution in [0.4, 0.5) is 0 Å². The number of aliphatic hydroxyl groups is 1. The van der Waals surface area contributed by atoms with Crippen LogP contribution >= 0.6 is 0 Å². The van der Waals surface area contributed by atoms with Crippen molar-refractivity contribution in [2.45, 2.75) is 71.7 Å². The predicted molar refractivity (Wildman–Crippen MR) is 73.4 cm³/mol. The van der Waals surface area contributed by atoms with E-state index in [1.54, 1.807) is 0 Å². The molecule has 1 aliphatic rings. The van der Waals surface area contributed by atoms with Crippen molar-refractivity contribution in [2.75, 3.05) is 13.2 Å². The van der Waals surface area contributed by atoms with E-state index in [0.29, 0.717) is 0 Å². The van der Waals surface area contributed by atoms with Crippen LogP contribution in [0.2, 0.25) is 0 Å². The van der Waals surface area contributed by atoms with Crippen molar-refractivity contribution < 1.29 is 14.6 Å². The molecule has 0 aromatic carbocycles. The van der Waals surface area contributed by atoms with E-state index in [9.17, 15) is 5.11 Å². The molecule has 1 heterocycles. The molecule has 1 N–H and O–H groups in total. The zero-order valence-corrected chi connectivity index (χ0v) is 12.2. The SMILES string of the molecule is CC[C@H](C)CC[C@@H](OC1CCCCO1)[C@H](C)CO. The number of hydrogen-bond acceptors (Lipinski definition) is 3. The van der Waals surface area contributed by atoms with Crippen molar-refractivity contribution in [3.05, 3.63) is 0 Å². The summed E-state index contributed by atoms with van der Waals surface area (Å²) >= 11 is 0. The summed E-state index contributed by atoms with van der Waals surface area (Å²) in [4.78, 5) is 0. The minimum Gasteiger partial charge on any atom is -0.396 e. The highest BCUT2D eigenvalue weighted by atomic mass is 16.7. The van der Waals surface area contributed by atoms with Crippen LogP contribution in [0.3, 0.4) is 0 Å². The molecule has 18 heavy (non-hydrogen) atoms. The lowest BCUT2D eigenvalue weighted by Crippen LogP contribution is -2.33. The van der Waals surface area contributed by atoms with Gasteiger partial charge in [0.2, 0.25) is 0 Å². The molecule has 0 aromatic heterocycles. The Morgan fingerprint density at radius 2 is 2.06 bits per heavy atom. The summed E-state index contributed by atoms with van der Waals surface area (Å²) < 4.78 is 11.7. The first kappa shape index (κ1) is 15.9. The highest BCUT2D eigenvalue weighted by Gasteiger charge is 2.24. The van der Waals surface area contributed by atoms with E-state index >= 15 is 0 Å². The van der Waals surface area contributed by atoms with Gasteiger partial charge in [-0.1, -0.05) is 27.2 Å². The van der Waals surface area contributed by atoms with Gasteiger partial charge in [0.15, 0.2) is 6.29 Å². The Balaban J connectivity index is 2.38. The molecule has 1 rings (SSSR count). The second kappa shape index (κ2) is 8.89. The highest BCUT2D eigenvalue weighted by Crippen LogP contribution is 2.23. The van der Waals surface area contributed by atoms with Crippen LogP contribution in [0.15, 0.2) is 0 Å². The molecule has 0 aliphatic carbocycles. The van der Waals surface area contributed by atoms with Crippen molar-refractivity contribution in [1.29, 1.82) is 0 Å². The van der Waals surface area contributed by atoms with Crippen molar-refractivity contribution in [2.24, 2.45) is 11.8 Å². The van der Waals surface area contributed by atoms with Crippen molar-refractivity contribution in [1.82, 2.24) is 0 Å². The number of hydrogen-bond donors (Lipinski definition) is 1. The molecular weight excluding hydrogens is 228 g/mol. The first-order valence-electron chi connectivity index (χ1n) is 7.55. The van der Waals surface area contributed by atoms with Crippen LogP contribution in [0, 0.1) is 11.8 Å². The lowest BCUT2D eigenvalue weighted by atomic mass is 9.95. The van der Waals surface area contributed by atoms with E-state index < -0.39 is 0 Å². The molecule has 0 amide bonds. The maximum absolute atomic E-state index is 9.34. The van der Waals surface area contributed by atoms with E-state index in [1.165, 1.54) is 12.8 Å². The monoisotopic (exact) mass is 258 g/mol. The zero-order chi connectivity index (χ0) is 13.4. The quantitative estimate of drug-likeness (QED) is 0.725. The molecule has 108 valence electrons. The van der Waals surface area contributed by atoms with Gasteiger partial charge in [-0.05, 0) is 38.0 Å². The van der Waals surface area contributed by atoms with Crippen LogP contribution in [-0.4, -0.2) is 30.7 Å². The van der Waals surface area contributed by atoms with Crippen LogP contribution in [-0.2, 0) is 9.47 Å². The molecule has 3 heteroatoms. The van der Waals surface area contributed by atoms with Gasteiger partial charge in [0.05, 0.1) is 6.10 Å². The van der Waals surface area contributed by atoms with Gasteiger partial charge in [-0.25, -0.2) is 0 Å². The molecule has 0 saturated carbocycles. The standard InChI is InChI=1S/C15H30O3/c1-4-12(2)8-9-14(13(3)11-16)18-15-7-5-6-10-17-15/h12-16H,4-11H2,1-3H3/t12-,13+,14+,15?/m0/s1. The van der Waals surface area contributed by atoms with Gasteiger partial charge in [-0.2, -0.15) is 0 Å². The molecule has 4 atom stereocenters. The summed E-state index contributed by atoms with van der Waals surface area (Å²) in [5.41, 5.74) is 0. The molecule has 0 bridgehead atoms. The van der Waals surface area contributed by atoms with E-state index in [0.717, 1.165) is 38.2 Å². The molecule has 1 fully saturated rings. The van der Waals surface area contributed by atoms with Gasteiger partial charge in [-0.15, -0.1) is 0 Å². The molecule has 0 radical (unpaired) electrons. The van der Waals surface area contributed by atoms with E-state index in [1.807, 2.05) is 0 Å². The van der Waals surface area contributed by atoms with Crippen molar-refractivity contribution in [3.8, 4) is 0 Å². The van der Waals surface area contributed by atoms with E-state index in [4.69, 9.17) is 9.47 Å². The third-order valence-electron chi connectivity index (χ3n) is 4.03. The van der Waals surface area contributed by atoms with Crippen LogP contribution in [0.25, 0.3) is 0 Å². The Hall–Kier alpha value is -0.120. The zero-order valence-electron chi connectivity index (χ0n) is 12.2. The van der Waals surface area contributed by atoms with Gasteiger partial charge in [-0.3, -0.25) is 0 Å². The van der Waals surface area contributed by atoms with Gasteiger partial charge in [0.25, 0.3) is 0 Å². The second-order valence-corrected chi connectivity index (χ2v) is 5.72. The summed E-state index contributed by atoms with van der Waals surface area (Å²) in [7, 11) is 0. The molecule has 1 aliphatic heterocycles. The lowest BCUT2D eigenvalue weighted by Gasteiger charge is -2.31. The maximum atomic E-state index is 9.34. The first-order valence-corrected chi connectivity index (χ1v) is 7.55. The van der Waals surface area contributed by atoms with Crippen molar-refractivity contribution in [3.63, 3.8) is 0 Å². The Morgan fingerprint density at radius 1 is 1.28 bits per heavy atom.